The van der Waals surface area contributed by atoms with Gasteiger partial charge < -0.3 is 15.0 Å². The van der Waals surface area contributed by atoms with Crippen LogP contribution in [0.3, 0.4) is 0 Å². The van der Waals surface area contributed by atoms with Crippen molar-refractivity contribution in [3.05, 3.63) is 60.2 Å². The first-order valence-electron chi connectivity index (χ1n) is 10.2. The molecule has 1 amide bonds. The summed E-state index contributed by atoms with van der Waals surface area (Å²) in [6.07, 6.45) is 3.34. The molecule has 0 atom stereocenters. The first-order valence-corrected chi connectivity index (χ1v) is 10.2. The number of nitrogens with one attached hydrogen (secondary N) is 1. The van der Waals surface area contributed by atoms with Gasteiger partial charge in [0.05, 0.1) is 12.8 Å². The molecule has 1 aliphatic heterocycles. The summed E-state index contributed by atoms with van der Waals surface area (Å²) >= 11 is 0. The highest BCUT2D eigenvalue weighted by Gasteiger charge is 2.18. The standard InChI is InChI=1S/C23H31N3O2/c1-28-22-13-7-6-12-21(22)26-18-16-25(17-19-26)15-9-3-8-14-24-23(27)20-10-4-2-5-11-20/h2,4-7,10-13H,3,8-9,14-19H2,1H3,(H,24,27). The van der Waals surface area contributed by atoms with Gasteiger partial charge in [-0.3, -0.25) is 9.69 Å². The molecular weight excluding hydrogens is 350 g/mol. The van der Waals surface area contributed by atoms with Crippen molar-refractivity contribution < 1.29 is 9.53 Å². The van der Waals surface area contributed by atoms with E-state index in [1.807, 2.05) is 42.5 Å². The summed E-state index contributed by atoms with van der Waals surface area (Å²) in [6, 6.07) is 17.6. The third-order valence-electron chi connectivity index (χ3n) is 5.27. The van der Waals surface area contributed by atoms with Gasteiger partial charge in [0.2, 0.25) is 0 Å². The molecule has 1 N–H and O–H groups in total. The van der Waals surface area contributed by atoms with Crippen LogP contribution < -0.4 is 15.0 Å². The molecule has 0 radical (unpaired) electrons. The van der Waals surface area contributed by atoms with Gasteiger partial charge in [-0.25, -0.2) is 0 Å². The molecule has 0 bridgehead atoms. The lowest BCUT2D eigenvalue weighted by Crippen LogP contribution is -2.46. The number of ether oxygens (including phenoxy) is 1. The van der Waals surface area contributed by atoms with E-state index < -0.39 is 0 Å². The van der Waals surface area contributed by atoms with Gasteiger partial charge in [-0.1, -0.05) is 36.8 Å². The first kappa shape index (κ1) is 20.2. The molecule has 150 valence electrons. The minimum atomic E-state index is 0.0214. The van der Waals surface area contributed by atoms with Crippen molar-refractivity contribution in [2.24, 2.45) is 0 Å². The van der Waals surface area contributed by atoms with Crippen molar-refractivity contribution in [1.82, 2.24) is 10.2 Å². The lowest BCUT2D eigenvalue weighted by atomic mass is 10.2. The second kappa shape index (κ2) is 10.7. The monoisotopic (exact) mass is 381 g/mol. The van der Waals surface area contributed by atoms with Crippen LogP contribution in [0.4, 0.5) is 5.69 Å². The number of piperazine rings is 1. The van der Waals surface area contributed by atoms with Crippen molar-refractivity contribution in [3.8, 4) is 5.75 Å². The van der Waals surface area contributed by atoms with Crippen molar-refractivity contribution in [1.29, 1.82) is 0 Å². The largest absolute Gasteiger partial charge is 0.495 e. The number of nitrogens with zero attached hydrogens (tertiary/aromatic N) is 2. The number of hydrogen-bond donors (Lipinski definition) is 1. The maximum atomic E-state index is 12.0. The van der Waals surface area contributed by atoms with Crippen LogP contribution in [0.15, 0.2) is 54.6 Å². The molecule has 0 unspecified atom stereocenters. The summed E-state index contributed by atoms with van der Waals surface area (Å²) in [7, 11) is 1.73. The third kappa shape index (κ3) is 5.73. The quantitative estimate of drug-likeness (QED) is 0.676. The predicted molar refractivity (Wildman–Crippen MR) is 114 cm³/mol. The number of amides is 1. The normalized spacial score (nSPS) is 14.7. The van der Waals surface area contributed by atoms with Crippen LogP contribution >= 0.6 is 0 Å². The maximum Gasteiger partial charge on any atom is 0.251 e. The molecule has 28 heavy (non-hydrogen) atoms. The van der Waals surface area contributed by atoms with Gasteiger partial charge in [-0.2, -0.15) is 0 Å². The molecule has 2 aromatic rings. The molecule has 0 aliphatic carbocycles. The molecule has 1 heterocycles. The van der Waals surface area contributed by atoms with Crippen LogP contribution in [0, 0.1) is 0 Å². The van der Waals surface area contributed by atoms with Gasteiger partial charge in [0.25, 0.3) is 5.91 Å². The molecule has 5 heteroatoms. The number of anilines is 1. The van der Waals surface area contributed by atoms with E-state index in [0.29, 0.717) is 0 Å². The van der Waals surface area contributed by atoms with Crippen LogP contribution in [-0.2, 0) is 0 Å². The summed E-state index contributed by atoms with van der Waals surface area (Å²) in [6.45, 7) is 6.12. The molecular formula is C23H31N3O2. The highest BCUT2D eigenvalue weighted by Crippen LogP contribution is 2.28. The molecule has 0 spiro atoms. The molecule has 0 saturated carbocycles. The van der Waals surface area contributed by atoms with Gasteiger partial charge in [0, 0.05) is 38.3 Å². The molecule has 1 fully saturated rings. The molecule has 3 rings (SSSR count). The predicted octanol–water partition coefficient (Wildman–Crippen LogP) is 3.42. The second-order valence-corrected chi connectivity index (χ2v) is 7.18. The zero-order chi connectivity index (χ0) is 19.6. The average Bonchev–Trinajstić information content (AvgIpc) is 2.77. The van der Waals surface area contributed by atoms with Gasteiger partial charge in [-0.05, 0) is 43.7 Å². The fourth-order valence-electron chi connectivity index (χ4n) is 3.63. The fourth-order valence-corrected chi connectivity index (χ4v) is 3.63. The van der Waals surface area contributed by atoms with E-state index in [1.54, 1.807) is 7.11 Å². The number of benzene rings is 2. The summed E-state index contributed by atoms with van der Waals surface area (Å²) in [4.78, 5) is 16.9. The fraction of sp³-hybridized carbons (Fsp3) is 0.435. The van der Waals surface area contributed by atoms with Crippen LogP contribution in [0.25, 0.3) is 0 Å². The van der Waals surface area contributed by atoms with Gasteiger partial charge in [-0.15, -0.1) is 0 Å². The summed E-state index contributed by atoms with van der Waals surface area (Å²) in [5, 5.41) is 3.00. The zero-order valence-corrected chi connectivity index (χ0v) is 16.8. The second-order valence-electron chi connectivity index (χ2n) is 7.18. The molecule has 1 aliphatic rings. The Bertz CT molecular complexity index is 728. The summed E-state index contributed by atoms with van der Waals surface area (Å²) in [5.41, 5.74) is 1.93. The average molecular weight is 382 g/mol. The minimum absolute atomic E-state index is 0.0214. The summed E-state index contributed by atoms with van der Waals surface area (Å²) < 4.78 is 5.49. The summed E-state index contributed by atoms with van der Waals surface area (Å²) in [5.74, 6) is 0.974. The van der Waals surface area contributed by atoms with E-state index in [9.17, 15) is 4.79 Å². The van der Waals surface area contributed by atoms with E-state index >= 15 is 0 Å². The minimum Gasteiger partial charge on any atom is -0.495 e. The topological polar surface area (TPSA) is 44.8 Å². The van der Waals surface area contributed by atoms with Gasteiger partial charge in [0.15, 0.2) is 0 Å². The molecule has 2 aromatic carbocycles. The Balaban J connectivity index is 1.28. The smallest absolute Gasteiger partial charge is 0.251 e. The van der Waals surface area contributed by atoms with Crippen LogP contribution in [-0.4, -0.2) is 57.2 Å². The van der Waals surface area contributed by atoms with Crippen LogP contribution in [0.2, 0.25) is 0 Å². The number of hydrogen-bond acceptors (Lipinski definition) is 4. The Hall–Kier alpha value is -2.53. The van der Waals surface area contributed by atoms with E-state index in [4.69, 9.17) is 4.74 Å². The van der Waals surface area contributed by atoms with Crippen molar-refractivity contribution >= 4 is 11.6 Å². The van der Waals surface area contributed by atoms with Crippen molar-refractivity contribution in [2.75, 3.05) is 51.3 Å². The zero-order valence-electron chi connectivity index (χ0n) is 16.8. The van der Waals surface area contributed by atoms with E-state index in [1.165, 1.54) is 12.1 Å². The Morgan fingerprint density at radius 1 is 0.929 bits per heavy atom. The Kier molecular flexibility index (Phi) is 7.73. The molecule has 1 saturated heterocycles. The van der Waals surface area contributed by atoms with Crippen molar-refractivity contribution in [3.63, 3.8) is 0 Å². The highest BCUT2D eigenvalue weighted by atomic mass is 16.5. The van der Waals surface area contributed by atoms with Crippen molar-refractivity contribution in [2.45, 2.75) is 19.3 Å². The number of para-hydroxylation sites is 2. The van der Waals surface area contributed by atoms with Gasteiger partial charge >= 0.3 is 0 Å². The number of methoxy groups -OCH3 is 1. The lowest BCUT2D eigenvalue weighted by Gasteiger charge is -2.36. The SMILES string of the molecule is COc1ccccc1N1CCN(CCCCCNC(=O)c2ccccc2)CC1. The van der Waals surface area contributed by atoms with Gasteiger partial charge in [0.1, 0.15) is 5.75 Å². The van der Waals surface area contributed by atoms with E-state index in [-0.39, 0.29) is 5.91 Å². The van der Waals surface area contributed by atoms with E-state index in [0.717, 1.165) is 63.4 Å². The molecule has 0 aromatic heterocycles. The third-order valence-corrected chi connectivity index (χ3v) is 5.27. The number of unbranched alkanes of at least 4 members (excludes halogenated alkanes) is 2. The highest BCUT2D eigenvalue weighted by molar-refractivity contribution is 5.94. The lowest BCUT2D eigenvalue weighted by molar-refractivity contribution is 0.0953. The van der Waals surface area contributed by atoms with E-state index in [2.05, 4.69) is 27.2 Å². The van der Waals surface area contributed by atoms with Crippen LogP contribution in [0.1, 0.15) is 29.6 Å². The Morgan fingerprint density at radius 3 is 2.39 bits per heavy atom. The Morgan fingerprint density at radius 2 is 1.64 bits per heavy atom. The molecule has 5 nitrogen and oxygen atoms in total. The maximum absolute atomic E-state index is 12.0. The number of carbonyl (C=O) groups is 1. The number of carbonyl (C=O) groups excluding carboxylic acids is 1. The number of rotatable bonds is 9. The van der Waals surface area contributed by atoms with Crippen LogP contribution in [0.5, 0.6) is 5.75 Å². The Labute approximate surface area is 168 Å². The first-order chi connectivity index (χ1) is 13.8.